The van der Waals surface area contributed by atoms with E-state index >= 15 is 0 Å². The van der Waals surface area contributed by atoms with Crippen molar-refractivity contribution < 1.29 is 19.1 Å². The van der Waals surface area contributed by atoms with E-state index in [1.54, 1.807) is 13.0 Å². The molecular formula is C11H9NO4. The van der Waals surface area contributed by atoms with Crippen LogP contribution >= 0.6 is 0 Å². The average molecular weight is 219 g/mol. The molecule has 1 aromatic carbocycles. The molecule has 1 aliphatic heterocycles. The third-order valence-corrected chi connectivity index (χ3v) is 2.25. The minimum absolute atomic E-state index is 0.207. The van der Waals surface area contributed by atoms with Gasteiger partial charge in [0, 0.05) is 0 Å². The molecule has 82 valence electrons. The zero-order valence-corrected chi connectivity index (χ0v) is 8.57. The lowest BCUT2D eigenvalue weighted by atomic mass is 10.1. The number of amides is 1. The maximum atomic E-state index is 11.5. The number of hydrogen-bond donors (Lipinski definition) is 1. The van der Waals surface area contributed by atoms with Crippen molar-refractivity contribution in [2.24, 2.45) is 0 Å². The van der Waals surface area contributed by atoms with Crippen molar-refractivity contribution in [3.05, 3.63) is 29.3 Å². The number of fused-ring (bicyclic) bond motifs is 1. The molecule has 1 aromatic rings. The largest absolute Gasteiger partial charge is 0.462 e. The number of nitrogens with one attached hydrogen (secondary N) is 1. The van der Waals surface area contributed by atoms with Gasteiger partial charge in [-0.05, 0) is 19.1 Å². The standard InChI is InChI=1S/C11H9NO4/c1-2-16-11(15)7-5-3-4-6-8(7)12-10(14)9(6)13/h3-5H,2H2,1H3,(H,12,13,14). The minimum Gasteiger partial charge on any atom is -0.462 e. The van der Waals surface area contributed by atoms with Crippen LogP contribution in [0.5, 0.6) is 0 Å². The number of rotatable bonds is 2. The maximum absolute atomic E-state index is 11.5. The molecule has 5 heteroatoms. The van der Waals surface area contributed by atoms with Crippen LogP contribution in [-0.2, 0) is 9.53 Å². The Labute approximate surface area is 91.4 Å². The van der Waals surface area contributed by atoms with Crippen LogP contribution in [0.2, 0.25) is 0 Å². The molecular weight excluding hydrogens is 210 g/mol. The summed E-state index contributed by atoms with van der Waals surface area (Å²) in [6, 6.07) is 4.55. The number of para-hydroxylation sites is 1. The van der Waals surface area contributed by atoms with Gasteiger partial charge in [0.05, 0.1) is 23.4 Å². The van der Waals surface area contributed by atoms with E-state index in [1.807, 2.05) is 0 Å². The molecule has 0 fully saturated rings. The molecule has 16 heavy (non-hydrogen) atoms. The summed E-state index contributed by atoms with van der Waals surface area (Å²) in [7, 11) is 0. The Kier molecular flexibility index (Phi) is 2.44. The predicted molar refractivity (Wildman–Crippen MR) is 55.4 cm³/mol. The first-order valence-electron chi connectivity index (χ1n) is 4.81. The Hall–Kier alpha value is -2.17. The third-order valence-electron chi connectivity index (χ3n) is 2.25. The molecule has 0 aliphatic carbocycles. The fraction of sp³-hybridized carbons (Fsp3) is 0.182. The third kappa shape index (κ3) is 1.46. The van der Waals surface area contributed by atoms with Gasteiger partial charge >= 0.3 is 5.97 Å². The molecule has 5 nitrogen and oxygen atoms in total. The molecule has 0 saturated carbocycles. The summed E-state index contributed by atoms with van der Waals surface area (Å²) < 4.78 is 4.82. The summed E-state index contributed by atoms with van der Waals surface area (Å²) in [4.78, 5) is 34.0. The number of esters is 1. The van der Waals surface area contributed by atoms with Gasteiger partial charge in [-0.15, -0.1) is 0 Å². The normalized spacial score (nSPS) is 13.3. The van der Waals surface area contributed by atoms with E-state index in [2.05, 4.69) is 5.32 Å². The van der Waals surface area contributed by atoms with Crippen LogP contribution < -0.4 is 5.32 Å². The van der Waals surface area contributed by atoms with E-state index in [0.29, 0.717) is 0 Å². The quantitative estimate of drug-likeness (QED) is 0.594. The van der Waals surface area contributed by atoms with Crippen LogP contribution in [-0.4, -0.2) is 24.3 Å². The Morgan fingerprint density at radius 3 is 2.81 bits per heavy atom. The van der Waals surface area contributed by atoms with Crippen molar-refractivity contribution in [1.82, 2.24) is 0 Å². The lowest BCUT2D eigenvalue weighted by Gasteiger charge is -2.05. The van der Waals surface area contributed by atoms with Crippen LogP contribution in [0.15, 0.2) is 18.2 Å². The van der Waals surface area contributed by atoms with Gasteiger partial charge < -0.3 is 10.1 Å². The molecule has 0 atom stereocenters. The SMILES string of the molecule is CCOC(=O)c1cccc2c1NC(=O)C2=O. The van der Waals surface area contributed by atoms with E-state index in [4.69, 9.17) is 4.74 Å². The first-order valence-corrected chi connectivity index (χ1v) is 4.81. The summed E-state index contributed by atoms with van der Waals surface area (Å²) in [6.45, 7) is 1.93. The van der Waals surface area contributed by atoms with Gasteiger partial charge in [0.1, 0.15) is 0 Å². The number of anilines is 1. The number of carbonyl (C=O) groups excluding carboxylic acids is 3. The zero-order valence-electron chi connectivity index (χ0n) is 8.57. The fourth-order valence-electron chi connectivity index (χ4n) is 1.55. The fourth-order valence-corrected chi connectivity index (χ4v) is 1.55. The Morgan fingerprint density at radius 2 is 2.12 bits per heavy atom. The lowest BCUT2D eigenvalue weighted by Crippen LogP contribution is -2.13. The highest BCUT2D eigenvalue weighted by Crippen LogP contribution is 2.27. The Bertz CT molecular complexity index is 493. The molecule has 0 saturated heterocycles. The van der Waals surface area contributed by atoms with Crippen molar-refractivity contribution in [2.75, 3.05) is 11.9 Å². The number of ketones is 1. The Balaban J connectivity index is 2.48. The van der Waals surface area contributed by atoms with Crippen LogP contribution in [0.1, 0.15) is 27.6 Å². The Morgan fingerprint density at radius 1 is 1.38 bits per heavy atom. The van der Waals surface area contributed by atoms with Crippen LogP contribution in [0, 0.1) is 0 Å². The summed E-state index contributed by atoms with van der Waals surface area (Å²) >= 11 is 0. The first kappa shape index (κ1) is 10.4. The second kappa shape index (κ2) is 3.77. The van der Waals surface area contributed by atoms with Crippen LogP contribution in [0.3, 0.4) is 0 Å². The topological polar surface area (TPSA) is 72.5 Å². The van der Waals surface area contributed by atoms with Crippen LogP contribution in [0.4, 0.5) is 5.69 Å². The summed E-state index contributed by atoms with van der Waals surface area (Å²) in [6.07, 6.45) is 0. The van der Waals surface area contributed by atoms with Crippen LogP contribution in [0.25, 0.3) is 0 Å². The second-order valence-corrected chi connectivity index (χ2v) is 3.23. The highest BCUT2D eigenvalue weighted by Gasteiger charge is 2.31. The smallest absolute Gasteiger partial charge is 0.340 e. The van der Waals surface area contributed by atoms with Crippen molar-refractivity contribution in [2.45, 2.75) is 6.92 Å². The molecule has 0 radical (unpaired) electrons. The molecule has 0 aromatic heterocycles. The summed E-state index contributed by atoms with van der Waals surface area (Å²) in [5.74, 6) is -1.89. The number of Topliss-reactive ketones (excluding diaryl/α,β-unsaturated/α-hetero) is 1. The second-order valence-electron chi connectivity index (χ2n) is 3.23. The summed E-state index contributed by atoms with van der Waals surface area (Å²) in [5.41, 5.74) is 0.671. The average Bonchev–Trinajstić information content (AvgIpc) is 2.55. The van der Waals surface area contributed by atoms with Crippen molar-refractivity contribution >= 4 is 23.3 Å². The predicted octanol–water partition coefficient (Wildman–Crippen LogP) is 0.998. The minimum atomic E-state index is -0.716. The van der Waals surface area contributed by atoms with Crippen molar-refractivity contribution in [3.8, 4) is 0 Å². The lowest BCUT2D eigenvalue weighted by molar-refractivity contribution is -0.112. The molecule has 1 aliphatic rings. The first-order chi connectivity index (χ1) is 7.65. The number of ether oxygens (including phenoxy) is 1. The van der Waals surface area contributed by atoms with Crippen molar-refractivity contribution in [3.63, 3.8) is 0 Å². The van der Waals surface area contributed by atoms with E-state index in [1.165, 1.54) is 12.1 Å². The van der Waals surface area contributed by atoms with E-state index in [-0.39, 0.29) is 23.4 Å². The van der Waals surface area contributed by atoms with E-state index < -0.39 is 17.7 Å². The van der Waals surface area contributed by atoms with Gasteiger partial charge in [-0.2, -0.15) is 0 Å². The van der Waals surface area contributed by atoms with Gasteiger partial charge in [0.2, 0.25) is 0 Å². The molecule has 1 N–H and O–H groups in total. The molecule has 1 amide bonds. The molecule has 2 rings (SSSR count). The van der Waals surface area contributed by atoms with Gasteiger partial charge in [-0.25, -0.2) is 4.79 Å². The maximum Gasteiger partial charge on any atom is 0.340 e. The summed E-state index contributed by atoms with van der Waals surface area (Å²) in [5, 5.41) is 2.37. The zero-order chi connectivity index (χ0) is 11.7. The van der Waals surface area contributed by atoms with Crippen molar-refractivity contribution in [1.29, 1.82) is 0 Å². The van der Waals surface area contributed by atoms with Gasteiger partial charge in [-0.1, -0.05) is 6.07 Å². The number of carbonyl (C=O) groups is 3. The van der Waals surface area contributed by atoms with E-state index in [0.717, 1.165) is 0 Å². The highest BCUT2D eigenvalue weighted by molar-refractivity contribution is 6.52. The highest BCUT2D eigenvalue weighted by atomic mass is 16.5. The number of hydrogen-bond acceptors (Lipinski definition) is 4. The van der Waals surface area contributed by atoms with Gasteiger partial charge in [0.15, 0.2) is 0 Å². The van der Waals surface area contributed by atoms with Gasteiger partial charge in [-0.3, -0.25) is 9.59 Å². The van der Waals surface area contributed by atoms with Gasteiger partial charge in [0.25, 0.3) is 11.7 Å². The molecule has 0 bridgehead atoms. The monoisotopic (exact) mass is 219 g/mol. The number of benzene rings is 1. The molecule has 0 unspecified atom stereocenters. The molecule has 1 heterocycles. The van der Waals surface area contributed by atoms with E-state index in [9.17, 15) is 14.4 Å². The molecule has 0 spiro atoms.